The second-order valence-corrected chi connectivity index (χ2v) is 6.11. The highest BCUT2D eigenvalue weighted by molar-refractivity contribution is 9.10. The van der Waals surface area contributed by atoms with Crippen LogP contribution in [0.25, 0.3) is 0 Å². The van der Waals surface area contributed by atoms with Gasteiger partial charge in [0.15, 0.2) is 0 Å². The molecule has 0 aliphatic carbocycles. The Kier molecular flexibility index (Phi) is 4.74. The van der Waals surface area contributed by atoms with Gasteiger partial charge in [-0.25, -0.2) is 4.98 Å². The van der Waals surface area contributed by atoms with Crippen LogP contribution < -0.4 is 10.5 Å². The minimum Gasteiger partial charge on any atom is -0.487 e. The highest BCUT2D eigenvalue weighted by Crippen LogP contribution is 2.27. The van der Waals surface area contributed by atoms with Crippen molar-refractivity contribution < 1.29 is 4.74 Å². The zero-order valence-corrected chi connectivity index (χ0v) is 12.6. The number of rotatable bonds is 5. The molecular weight excluding hydrogens is 312 g/mol. The van der Waals surface area contributed by atoms with E-state index in [9.17, 15) is 0 Å². The number of hydrogen-bond acceptors (Lipinski definition) is 4. The van der Waals surface area contributed by atoms with Crippen molar-refractivity contribution in [1.29, 1.82) is 0 Å². The number of aryl methyl sites for hydroxylation is 1. The molecule has 0 unspecified atom stereocenters. The van der Waals surface area contributed by atoms with Gasteiger partial charge in [-0.05, 0) is 53.5 Å². The number of hydrogen-bond donors (Lipinski definition) is 1. The molecule has 3 nitrogen and oxygen atoms in total. The lowest BCUT2D eigenvalue weighted by Crippen LogP contribution is -2.02. The third-order valence-corrected chi connectivity index (χ3v) is 3.97. The van der Waals surface area contributed by atoms with Gasteiger partial charge in [0, 0.05) is 6.20 Å². The molecule has 0 radical (unpaired) electrons. The summed E-state index contributed by atoms with van der Waals surface area (Å²) < 4.78 is 6.73. The van der Waals surface area contributed by atoms with Gasteiger partial charge in [-0.2, -0.15) is 0 Å². The third kappa shape index (κ3) is 3.54. The zero-order valence-electron chi connectivity index (χ0n) is 10.1. The summed E-state index contributed by atoms with van der Waals surface area (Å²) in [6, 6.07) is 6.08. The van der Waals surface area contributed by atoms with Gasteiger partial charge in [0.2, 0.25) is 0 Å². The highest BCUT2D eigenvalue weighted by atomic mass is 79.9. The first-order valence-corrected chi connectivity index (χ1v) is 7.32. The average Bonchev–Trinajstić information content (AvgIpc) is 2.74. The molecule has 0 aliphatic heterocycles. The number of thiazole rings is 1. The molecule has 5 heteroatoms. The van der Waals surface area contributed by atoms with E-state index in [4.69, 9.17) is 10.5 Å². The molecular formula is C13H15BrN2OS. The molecule has 2 aromatic rings. The first-order chi connectivity index (χ1) is 8.69. The fourth-order valence-electron chi connectivity index (χ4n) is 1.60. The van der Waals surface area contributed by atoms with E-state index in [0.29, 0.717) is 13.2 Å². The van der Waals surface area contributed by atoms with Crippen LogP contribution in [0, 0.1) is 6.92 Å². The first kappa shape index (κ1) is 13.5. The molecule has 96 valence electrons. The second-order valence-electron chi connectivity index (χ2n) is 3.94. The third-order valence-electron chi connectivity index (χ3n) is 2.47. The van der Waals surface area contributed by atoms with E-state index < -0.39 is 0 Å². The maximum atomic E-state index is 5.76. The number of benzene rings is 1. The predicted octanol–water partition coefficient (Wildman–Crippen LogP) is 3.29. The number of halogens is 1. The van der Waals surface area contributed by atoms with Crippen molar-refractivity contribution in [2.75, 3.05) is 6.54 Å². The molecule has 0 saturated carbocycles. The minimum atomic E-state index is 0.556. The molecule has 1 aromatic carbocycles. The Morgan fingerprint density at radius 2 is 2.28 bits per heavy atom. The standard InChI is InChI=1S/C13H15BrN2OS/c1-9-16-7-11(18-9)8-17-13-3-2-10(4-5-15)6-12(13)14/h2-3,6-7H,4-5,8,15H2,1H3. The molecule has 0 spiro atoms. The van der Waals surface area contributed by atoms with Crippen LogP contribution in [0.5, 0.6) is 5.75 Å². The molecule has 0 bridgehead atoms. The molecule has 0 atom stereocenters. The van der Waals surface area contributed by atoms with E-state index >= 15 is 0 Å². The maximum Gasteiger partial charge on any atom is 0.134 e. The minimum absolute atomic E-state index is 0.556. The topological polar surface area (TPSA) is 48.1 Å². The Bertz CT molecular complexity index is 527. The van der Waals surface area contributed by atoms with Crippen LogP contribution in [0.3, 0.4) is 0 Å². The fourth-order valence-corrected chi connectivity index (χ4v) is 2.85. The van der Waals surface area contributed by atoms with Crippen molar-refractivity contribution in [1.82, 2.24) is 4.98 Å². The zero-order chi connectivity index (χ0) is 13.0. The van der Waals surface area contributed by atoms with E-state index in [2.05, 4.69) is 27.0 Å². The van der Waals surface area contributed by atoms with Crippen LogP contribution in [0.15, 0.2) is 28.9 Å². The van der Waals surface area contributed by atoms with E-state index in [1.54, 1.807) is 11.3 Å². The molecule has 0 fully saturated rings. The molecule has 0 amide bonds. The molecule has 18 heavy (non-hydrogen) atoms. The molecule has 2 rings (SSSR count). The van der Waals surface area contributed by atoms with Gasteiger partial charge in [0.1, 0.15) is 12.4 Å². The van der Waals surface area contributed by atoms with E-state index in [1.807, 2.05) is 25.3 Å². The van der Waals surface area contributed by atoms with Crippen molar-refractivity contribution >= 4 is 27.3 Å². The molecule has 2 N–H and O–H groups in total. The summed E-state index contributed by atoms with van der Waals surface area (Å²) in [4.78, 5) is 5.33. The molecule has 1 aromatic heterocycles. The largest absolute Gasteiger partial charge is 0.487 e. The molecule has 0 saturated heterocycles. The Hall–Kier alpha value is -0.910. The monoisotopic (exact) mass is 326 g/mol. The van der Waals surface area contributed by atoms with Gasteiger partial charge in [-0.1, -0.05) is 6.07 Å². The summed E-state index contributed by atoms with van der Waals surface area (Å²) in [6.45, 7) is 3.21. The molecule has 1 heterocycles. The van der Waals surface area contributed by atoms with Crippen LogP contribution in [-0.2, 0) is 13.0 Å². The van der Waals surface area contributed by atoms with Crippen LogP contribution in [0.1, 0.15) is 15.4 Å². The lowest BCUT2D eigenvalue weighted by molar-refractivity contribution is 0.307. The van der Waals surface area contributed by atoms with Gasteiger partial charge < -0.3 is 10.5 Å². The number of aromatic nitrogens is 1. The summed E-state index contributed by atoms with van der Waals surface area (Å²) in [5.74, 6) is 0.849. The summed E-state index contributed by atoms with van der Waals surface area (Å²) in [7, 11) is 0. The number of nitrogens with zero attached hydrogens (tertiary/aromatic N) is 1. The van der Waals surface area contributed by atoms with Gasteiger partial charge in [-0.3, -0.25) is 0 Å². The summed E-state index contributed by atoms with van der Waals surface area (Å²) in [6.07, 6.45) is 2.74. The maximum absolute atomic E-state index is 5.76. The Morgan fingerprint density at radius 1 is 1.44 bits per heavy atom. The first-order valence-electron chi connectivity index (χ1n) is 5.71. The van der Waals surface area contributed by atoms with Crippen LogP contribution in [0.4, 0.5) is 0 Å². The van der Waals surface area contributed by atoms with Crippen molar-refractivity contribution in [3.8, 4) is 5.75 Å². The molecule has 0 aliphatic rings. The van der Waals surface area contributed by atoms with E-state index in [-0.39, 0.29) is 0 Å². The smallest absolute Gasteiger partial charge is 0.134 e. The average molecular weight is 327 g/mol. The van der Waals surface area contributed by atoms with Gasteiger partial charge in [0.05, 0.1) is 14.4 Å². The van der Waals surface area contributed by atoms with Crippen molar-refractivity contribution in [3.63, 3.8) is 0 Å². The van der Waals surface area contributed by atoms with Crippen molar-refractivity contribution in [2.45, 2.75) is 20.0 Å². The fraction of sp³-hybridized carbons (Fsp3) is 0.308. The van der Waals surface area contributed by atoms with Crippen LogP contribution in [0.2, 0.25) is 0 Å². The van der Waals surface area contributed by atoms with Crippen molar-refractivity contribution in [3.05, 3.63) is 44.3 Å². The quantitative estimate of drug-likeness (QED) is 0.917. The van der Waals surface area contributed by atoms with E-state index in [1.165, 1.54) is 5.56 Å². The van der Waals surface area contributed by atoms with Crippen molar-refractivity contribution in [2.24, 2.45) is 5.73 Å². The highest BCUT2D eigenvalue weighted by Gasteiger charge is 2.04. The number of ether oxygens (including phenoxy) is 1. The predicted molar refractivity (Wildman–Crippen MR) is 78.1 cm³/mol. The van der Waals surface area contributed by atoms with Gasteiger partial charge in [0.25, 0.3) is 0 Å². The van der Waals surface area contributed by atoms with Gasteiger partial charge >= 0.3 is 0 Å². The Balaban J connectivity index is 2.01. The lowest BCUT2D eigenvalue weighted by Gasteiger charge is -2.08. The SMILES string of the molecule is Cc1ncc(COc2ccc(CCN)cc2Br)s1. The van der Waals surface area contributed by atoms with Gasteiger partial charge in [-0.15, -0.1) is 11.3 Å². The number of nitrogens with two attached hydrogens (primary N) is 1. The van der Waals surface area contributed by atoms with Crippen LogP contribution >= 0.6 is 27.3 Å². The summed E-state index contributed by atoms with van der Waals surface area (Å²) in [5, 5.41) is 1.06. The lowest BCUT2D eigenvalue weighted by atomic mass is 10.1. The Labute approximate surface area is 119 Å². The Morgan fingerprint density at radius 3 is 2.89 bits per heavy atom. The second kappa shape index (κ2) is 6.31. The normalized spacial score (nSPS) is 10.6. The van der Waals surface area contributed by atoms with E-state index in [0.717, 1.165) is 26.5 Å². The van der Waals surface area contributed by atoms with Crippen LogP contribution in [-0.4, -0.2) is 11.5 Å². The summed E-state index contributed by atoms with van der Waals surface area (Å²) in [5.41, 5.74) is 6.75. The summed E-state index contributed by atoms with van der Waals surface area (Å²) >= 11 is 5.17.